The maximum atomic E-state index is 11.2. The zero-order valence-corrected chi connectivity index (χ0v) is 9.27. The molecule has 4 N–H and O–H groups in total. The fourth-order valence-electron chi connectivity index (χ4n) is 0.990. The van der Waals surface area contributed by atoms with Crippen molar-refractivity contribution >= 4 is 32.4 Å². The minimum atomic E-state index is -5.56. The van der Waals surface area contributed by atoms with E-state index in [1.807, 2.05) is 0 Å². The van der Waals surface area contributed by atoms with Crippen LogP contribution in [0.3, 0.4) is 0 Å². The molecule has 0 aliphatic carbocycles. The Morgan fingerprint density at radius 2 is 1.71 bits per heavy atom. The average molecular weight is 289 g/mol. The Labute approximate surface area is 94.1 Å². The third-order valence-electron chi connectivity index (χ3n) is 1.73. The lowest BCUT2D eigenvalue weighted by Gasteiger charge is -2.19. The van der Waals surface area contributed by atoms with Crippen molar-refractivity contribution in [1.82, 2.24) is 5.43 Å². The van der Waals surface area contributed by atoms with Gasteiger partial charge in [0.25, 0.3) is 0 Å². The summed E-state index contributed by atoms with van der Waals surface area (Å²) in [5, 5.41) is 7.23. The third-order valence-corrected chi connectivity index (χ3v) is 3.61. The Bertz CT molecular complexity index is 628. The van der Waals surface area contributed by atoms with E-state index in [-0.39, 0.29) is 6.08 Å². The monoisotopic (exact) mass is 289 g/mol. The van der Waals surface area contributed by atoms with E-state index in [2.05, 4.69) is 0 Å². The second-order valence-corrected chi connectivity index (χ2v) is 5.61. The Hall–Kier alpha value is -1.54. The molecule has 11 nitrogen and oxygen atoms in total. The van der Waals surface area contributed by atoms with Gasteiger partial charge >= 0.3 is 32.4 Å². The summed E-state index contributed by atoms with van der Waals surface area (Å²) in [4.78, 5) is 21.9. The molecular formula is C4H5N2O9S2+. The van der Waals surface area contributed by atoms with Gasteiger partial charge in [0, 0.05) is 0 Å². The number of nitrogens with one attached hydrogen (secondary N) is 1. The second-order valence-electron chi connectivity index (χ2n) is 2.77. The van der Waals surface area contributed by atoms with Crippen molar-refractivity contribution < 1.29 is 44.6 Å². The molecule has 96 valence electrons. The third kappa shape index (κ3) is 1.89. The largest absolute Gasteiger partial charge is 0.565 e. The number of hydrogen-bond donors (Lipinski definition) is 4. The number of carboxylic acid groups (broad SMARTS) is 1. The van der Waals surface area contributed by atoms with Gasteiger partial charge in [-0.25, -0.2) is 9.35 Å². The first-order chi connectivity index (χ1) is 7.43. The zero-order chi connectivity index (χ0) is 13.6. The molecule has 17 heavy (non-hydrogen) atoms. The number of amides is 2. The van der Waals surface area contributed by atoms with Gasteiger partial charge in [-0.2, -0.15) is 18.6 Å². The highest BCUT2D eigenvalue weighted by Gasteiger charge is 2.62. The average Bonchev–Trinajstić information content (AvgIpc) is 2.41. The Morgan fingerprint density at radius 1 is 1.24 bits per heavy atom. The molecule has 1 aliphatic heterocycles. The fraction of sp³-hybridized carbons (Fsp3) is 0. The van der Waals surface area contributed by atoms with Crippen LogP contribution >= 0.6 is 0 Å². The van der Waals surface area contributed by atoms with Gasteiger partial charge in [-0.3, -0.25) is 4.55 Å². The maximum absolute atomic E-state index is 11.2. The molecule has 1 aliphatic rings. The van der Waals surface area contributed by atoms with Crippen molar-refractivity contribution in [3.63, 3.8) is 0 Å². The number of hydrogen-bond acceptors (Lipinski definition) is 7. The van der Waals surface area contributed by atoms with Gasteiger partial charge in [0.05, 0.1) is 10.1 Å². The van der Waals surface area contributed by atoms with Gasteiger partial charge in [-0.1, -0.05) is 0 Å². The van der Waals surface area contributed by atoms with E-state index in [0.717, 1.165) is 0 Å². The van der Waals surface area contributed by atoms with E-state index < -0.39 is 41.4 Å². The summed E-state index contributed by atoms with van der Waals surface area (Å²) >= 11 is 0. The Balaban J connectivity index is 3.48. The summed E-state index contributed by atoms with van der Waals surface area (Å²) in [6.07, 6.45) is -2.37. The highest BCUT2D eigenvalue weighted by Crippen LogP contribution is 2.22. The second kappa shape index (κ2) is 3.47. The molecule has 0 bridgehead atoms. The molecule has 0 spiro atoms. The summed E-state index contributed by atoms with van der Waals surface area (Å²) in [7, 11) is -10.6. The maximum Gasteiger partial charge on any atom is 0.565 e. The smallest absolute Gasteiger partial charge is 0.432 e. The van der Waals surface area contributed by atoms with Crippen LogP contribution in [0.2, 0.25) is 0 Å². The van der Waals surface area contributed by atoms with Crippen molar-refractivity contribution in [2.75, 3.05) is 0 Å². The SMILES string of the molecule is O=C(O)[N+]1(S(=O)(=O)O)NC(S(=O)(=O)O)=CC1=O. The van der Waals surface area contributed by atoms with Crippen LogP contribution in [-0.2, 0) is 25.2 Å². The van der Waals surface area contributed by atoms with Crippen LogP contribution in [0.5, 0.6) is 0 Å². The van der Waals surface area contributed by atoms with E-state index in [9.17, 15) is 26.4 Å². The van der Waals surface area contributed by atoms with Gasteiger partial charge in [-0.15, -0.1) is 8.42 Å². The van der Waals surface area contributed by atoms with Gasteiger partial charge < -0.3 is 5.11 Å². The van der Waals surface area contributed by atoms with E-state index in [0.29, 0.717) is 0 Å². The molecule has 0 saturated carbocycles. The molecule has 1 atom stereocenters. The number of nitrogens with zero attached hydrogens (tertiary/aromatic N) is 1. The first-order valence-corrected chi connectivity index (χ1v) is 6.39. The molecule has 0 aromatic rings. The first kappa shape index (κ1) is 13.5. The summed E-state index contributed by atoms with van der Waals surface area (Å²) in [5.74, 6) is -1.81. The van der Waals surface area contributed by atoms with E-state index in [1.54, 1.807) is 0 Å². The number of carbonyl (C=O) groups excluding carboxylic acids is 1. The Morgan fingerprint density at radius 3 is 1.88 bits per heavy atom. The molecule has 13 heteroatoms. The minimum absolute atomic E-state index is 0.0250. The van der Waals surface area contributed by atoms with Crippen LogP contribution in [0, 0.1) is 0 Å². The van der Waals surface area contributed by atoms with Crippen molar-refractivity contribution in [3.05, 3.63) is 11.1 Å². The van der Waals surface area contributed by atoms with Gasteiger partial charge in [0.15, 0.2) is 0 Å². The molecule has 0 aromatic heterocycles. The summed E-state index contributed by atoms with van der Waals surface area (Å²) < 4.78 is 57.3. The van der Waals surface area contributed by atoms with Crippen LogP contribution in [0.15, 0.2) is 11.1 Å². The molecular weight excluding hydrogens is 284 g/mol. The number of quaternary nitrogens is 1. The number of carbonyl (C=O) groups is 2. The fourth-order valence-corrected chi connectivity index (χ4v) is 2.24. The van der Waals surface area contributed by atoms with E-state index >= 15 is 0 Å². The van der Waals surface area contributed by atoms with Crippen molar-refractivity contribution in [2.24, 2.45) is 0 Å². The van der Waals surface area contributed by atoms with Crippen molar-refractivity contribution in [2.45, 2.75) is 0 Å². The summed E-state index contributed by atoms with van der Waals surface area (Å²) in [6, 6.07) is 0. The molecule has 1 heterocycles. The molecule has 0 radical (unpaired) electrons. The normalized spacial score (nSPS) is 25.3. The minimum Gasteiger partial charge on any atom is -0.432 e. The lowest BCUT2D eigenvalue weighted by atomic mass is 10.6. The Kier molecular flexibility index (Phi) is 2.76. The van der Waals surface area contributed by atoms with Gasteiger partial charge in [0.2, 0.25) is 5.03 Å². The highest BCUT2D eigenvalue weighted by molar-refractivity contribution is 7.89. The van der Waals surface area contributed by atoms with Crippen LogP contribution in [0.4, 0.5) is 4.79 Å². The lowest BCUT2D eigenvalue weighted by molar-refractivity contribution is -0.693. The van der Waals surface area contributed by atoms with Crippen LogP contribution in [0.25, 0.3) is 0 Å². The van der Waals surface area contributed by atoms with Crippen molar-refractivity contribution in [3.8, 4) is 0 Å². The highest BCUT2D eigenvalue weighted by atomic mass is 32.2. The first-order valence-electron chi connectivity index (χ1n) is 3.55. The summed E-state index contributed by atoms with van der Waals surface area (Å²) in [5.41, 5.74) is 1.21. The zero-order valence-electron chi connectivity index (χ0n) is 7.63. The van der Waals surface area contributed by atoms with Crippen LogP contribution in [-0.4, -0.2) is 47.0 Å². The number of rotatable bonds is 2. The molecule has 1 unspecified atom stereocenters. The van der Waals surface area contributed by atoms with E-state index in [1.165, 1.54) is 5.43 Å². The lowest BCUT2D eigenvalue weighted by Crippen LogP contribution is -2.64. The van der Waals surface area contributed by atoms with Gasteiger partial charge in [0.1, 0.15) is 0 Å². The predicted molar refractivity (Wildman–Crippen MR) is 47.6 cm³/mol. The predicted octanol–water partition coefficient (Wildman–Crippen LogP) is -1.94. The molecule has 0 saturated heterocycles. The van der Waals surface area contributed by atoms with Crippen LogP contribution < -0.4 is 5.43 Å². The molecule has 2 amide bonds. The molecule has 0 fully saturated rings. The topological polar surface area (TPSA) is 175 Å². The number of imide groups is 1. The standard InChI is InChI=1S/C4H4N2O9S2/c7-3-1-2(16(10,11)12)5-6(3,4(8)9)17(13,14)15/h1H,(H3-,5,7,8,9,10,11,12,13,14,15)/p+1. The quantitative estimate of drug-likeness (QED) is 0.330. The van der Waals surface area contributed by atoms with Crippen molar-refractivity contribution in [1.29, 1.82) is 0 Å². The summed E-state index contributed by atoms with van der Waals surface area (Å²) in [6.45, 7) is 0. The molecule has 1 rings (SSSR count). The van der Waals surface area contributed by atoms with Crippen LogP contribution in [0.1, 0.15) is 0 Å². The van der Waals surface area contributed by atoms with E-state index in [4.69, 9.17) is 14.2 Å². The van der Waals surface area contributed by atoms with Gasteiger partial charge in [-0.05, 0) is 0 Å². The molecule has 0 aromatic carbocycles.